The number of anilines is 2. The fourth-order valence-electron chi connectivity index (χ4n) is 1.91. The average Bonchev–Trinajstić information content (AvgIpc) is 2.40. The van der Waals surface area contributed by atoms with Crippen molar-refractivity contribution in [3.63, 3.8) is 0 Å². The minimum atomic E-state index is -0.421. The lowest BCUT2D eigenvalue weighted by Gasteiger charge is -2.12. The zero-order valence-electron chi connectivity index (χ0n) is 11.4. The van der Waals surface area contributed by atoms with Gasteiger partial charge >= 0.3 is 6.03 Å². The first-order chi connectivity index (χ1) is 10.5. The summed E-state index contributed by atoms with van der Waals surface area (Å²) in [4.78, 5) is 12.1. The van der Waals surface area contributed by atoms with Gasteiger partial charge in [-0.05, 0) is 42.3 Å². The maximum absolute atomic E-state index is 12.1. The minimum Gasteiger partial charge on any atom is -0.396 e. The van der Waals surface area contributed by atoms with Gasteiger partial charge in [0.05, 0.1) is 0 Å². The first kappa shape index (κ1) is 17.1. The van der Waals surface area contributed by atoms with Gasteiger partial charge in [0.2, 0.25) is 0 Å². The molecule has 0 radical (unpaired) electrons. The van der Waals surface area contributed by atoms with Gasteiger partial charge in [0.25, 0.3) is 0 Å². The van der Waals surface area contributed by atoms with Crippen molar-refractivity contribution in [3.05, 3.63) is 56.5 Å². The molecular weight excluding hydrogens is 391 g/mol. The highest BCUT2D eigenvalue weighted by molar-refractivity contribution is 9.10. The van der Waals surface area contributed by atoms with Gasteiger partial charge in [0.15, 0.2) is 0 Å². The molecule has 2 aromatic carbocycles. The lowest BCUT2D eigenvalue weighted by molar-refractivity contribution is 0.262. The molecule has 0 unspecified atom stereocenters. The van der Waals surface area contributed by atoms with Crippen LogP contribution in [0, 0.1) is 0 Å². The Bertz CT molecular complexity index is 675. The van der Waals surface area contributed by atoms with Crippen molar-refractivity contribution in [2.75, 3.05) is 17.2 Å². The normalized spacial score (nSPS) is 10.4. The molecule has 0 bridgehead atoms. The Labute approximate surface area is 146 Å². The summed E-state index contributed by atoms with van der Waals surface area (Å²) >= 11 is 15.2. The lowest BCUT2D eigenvalue weighted by atomic mass is 10.1. The number of hydrogen-bond acceptors (Lipinski definition) is 2. The molecule has 0 aliphatic heterocycles. The second-order valence-electron chi connectivity index (χ2n) is 4.51. The van der Waals surface area contributed by atoms with Gasteiger partial charge < -0.3 is 15.7 Å². The summed E-state index contributed by atoms with van der Waals surface area (Å²) in [5.41, 5.74) is 1.91. The van der Waals surface area contributed by atoms with E-state index < -0.39 is 6.03 Å². The molecule has 2 rings (SSSR count). The van der Waals surface area contributed by atoms with E-state index in [1.165, 1.54) is 0 Å². The summed E-state index contributed by atoms with van der Waals surface area (Å²) in [6, 6.07) is 9.79. The number of urea groups is 1. The number of amides is 2. The van der Waals surface area contributed by atoms with Crippen LogP contribution in [0.2, 0.25) is 10.0 Å². The second-order valence-corrected chi connectivity index (χ2v) is 6.30. The van der Waals surface area contributed by atoms with E-state index in [1.807, 2.05) is 0 Å². The van der Waals surface area contributed by atoms with E-state index in [-0.39, 0.29) is 6.61 Å². The fourth-order valence-corrected chi connectivity index (χ4v) is 2.95. The lowest BCUT2D eigenvalue weighted by Crippen LogP contribution is -2.20. The van der Waals surface area contributed by atoms with Crippen molar-refractivity contribution in [3.8, 4) is 0 Å². The van der Waals surface area contributed by atoms with Gasteiger partial charge in [0.1, 0.15) is 0 Å². The molecule has 0 aromatic heterocycles. The van der Waals surface area contributed by atoms with Crippen molar-refractivity contribution in [1.82, 2.24) is 0 Å². The van der Waals surface area contributed by atoms with Crippen LogP contribution < -0.4 is 10.6 Å². The van der Waals surface area contributed by atoms with Crippen molar-refractivity contribution in [2.24, 2.45) is 0 Å². The number of benzene rings is 2. The van der Waals surface area contributed by atoms with Crippen LogP contribution in [0.5, 0.6) is 0 Å². The predicted octanol–water partition coefficient (Wildman–Crippen LogP) is 4.93. The number of hydrogen-bond donors (Lipinski definition) is 3. The third-order valence-electron chi connectivity index (χ3n) is 2.82. The Kier molecular flexibility index (Phi) is 6.08. The average molecular weight is 404 g/mol. The zero-order valence-corrected chi connectivity index (χ0v) is 14.5. The number of carbonyl (C=O) groups excluding carboxylic acids is 1. The van der Waals surface area contributed by atoms with Gasteiger partial charge in [-0.25, -0.2) is 4.79 Å². The van der Waals surface area contributed by atoms with Crippen LogP contribution >= 0.6 is 39.1 Å². The Morgan fingerprint density at radius 2 is 1.86 bits per heavy atom. The highest BCUT2D eigenvalue weighted by atomic mass is 79.9. The number of carbonyl (C=O) groups is 1. The molecule has 0 saturated carbocycles. The Balaban J connectivity index is 2.13. The van der Waals surface area contributed by atoms with Crippen LogP contribution in [0.15, 0.2) is 40.9 Å². The van der Waals surface area contributed by atoms with E-state index >= 15 is 0 Å². The van der Waals surface area contributed by atoms with Crippen LogP contribution in [0.1, 0.15) is 5.56 Å². The summed E-state index contributed by atoms with van der Waals surface area (Å²) in [6.07, 6.45) is 0.426. The van der Waals surface area contributed by atoms with Gasteiger partial charge in [0, 0.05) is 32.5 Å². The quantitative estimate of drug-likeness (QED) is 0.677. The summed E-state index contributed by atoms with van der Waals surface area (Å²) < 4.78 is 0.763. The Morgan fingerprint density at radius 1 is 1.09 bits per heavy atom. The molecule has 0 heterocycles. The molecule has 7 heteroatoms. The third kappa shape index (κ3) is 4.88. The first-order valence-corrected chi connectivity index (χ1v) is 7.96. The fraction of sp³-hybridized carbons (Fsp3) is 0.133. The monoisotopic (exact) mass is 402 g/mol. The smallest absolute Gasteiger partial charge is 0.323 e. The van der Waals surface area contributed by atoms with Crippen molar-refractivity contribution < 1.29 is 9.90 Å². The van der Waals surface area contributed by atoms with Crippen LogP contribution in [0.4, 0.5) is 16.2 Å². The molecule has 2 aromatic rings. The molecule has 4 nitrogen and oxygen atoms in total. The van der Waals surface area contributed by atoms with Crippen molar-refractivity contribution in [1.29, 1.82) is 0 Å². The first-order valence-electron chi connectivity index (χ1n) is 6.41. The molecule has 22 heavy (non-hydrogen) atoms. The molecule has 2 amide bonds. The van der Waals surface area contributed by atoms with Gasteiger partial charge in [-0.1, -0.05) is 45.2 Å². The predicted molar refractivity (Wildman–Crippen MR) is 94.0 cm³/mol. The van der Waals surface area contributed by atoms with Gasteiger partial charge in [-0.15, -0.1) is 0 Å². The molecule has 0 fully saturated rings. The van der Waals surface area contributed by atoms with E-state index in [0.717, 1.165) is 10.0 Å². The second kappa shape index (κ2) is 7.83. The molecule has 3 N–H and O–H groups in total. The van der Waals surface area contributed by atoms with E-state index in [9.17, 15) is 4.79 Å². The molecular formula is C15H13BrCl2N2O2. The van der Waals surface area contributed by atoms with Crippen LogP contribution in [-0.2, 0) is 6.42 Å². The number of rotatable bonds is 4. The van der Waals surface area contributed by atoms with E-state index in [4.69, 9.17) is 28.3 Å². The van der Waals surface area contributed by atoms with Gasteiger partial charge in [-0.2, -0.15) is 0 Å². The van der Waals surface area contributed by atoms with Crippen molar-refractivity contribution in [2.45, 2.75) is 6.42 Å². The molecule has 0 saturated heterocycles. The highest BCUT2D eigenvalue weighted by Crippen LogP contribution is 2.24. The highest BCUT2D eigenvalue weighted by Gasteiger charge is 2.09. The largest absolute Gasteiger partial charge is 0.396 e. The minimum absolute atomic E-state index is 0.0147. The van der Waals surface area contributed by atoms with Crippen LogP contribution in [0.3, 0.4) is 0 Å². The third-order valence-corrected chi connectivity index (χ3v) is 3.73. The molecule has 116 valence electrons. The van der Waals surface area contributed by atoms with Crippen molar-refractivity contribution >= 4 is 56.5 Å². The SMILES string of the molecule is O=C(Nc1cc(Cl)cc(Br)c1)Nc1cc(Cl)ccc1CCO. The summed E-state index contributed by atoms with van der Waals surface area (Å²) in [5.74, 6) is 0. The van der Waals surface area contributed by atoms with Gasteiger partial charge in [-0.3, -0.25) is 0 Å². The molecule has 0 aliphatic rings. The van der Waals surface area contributed by atoms with E-state index in [0.29, 0.717) is 27.8 Å². The topological polar surface area (TPSA) is 61.4 Å². The number of aliphatic hydroxyl groups is 1. The number of halogens is 3. The Morgan fingerprint density at radius 3 is 2.55 bits per heavy atom. The molecule has 0 aliphatic carbocycles. The standard InChI is InChI=1S/C15H13BrCl2N2O2/c16-10-5-12(18)7-13(6-10)19-15(22)20-14-8-11(17)2-1-9(14)3-4-21/h1-2,5-8,21H,3-4H2,(H2,19,20,22). The number of aliphatic hydroxyl groups excluding tert-OH is 1. The van der Waals surface area contributed by atoms with E-state index in [1.54, 1.807) is 36.4 Å². The summed E-state index contributed by atoms with van der Waals surface area (Å²) in [5, 5.41) is 15.5. The Hall–Kier alpha value is -1.27. The molecule has 0 spiro atoms. The maximum atomic E-state index is 12.1. The van der Waals surface area contributed by atoms with Crippen LogP contribution in [-0.4, -0.2) is 17.7 Å². The zero-order chi connectivity index (χ0) is 16.1. The van der Waals surface area contributed by atoms with E-state index in [2.05, 4.69) is 26.6 Å². The molecule has 0 atom stereocenters. The number of nitrogens with one attached hydrogen (secondary N) is 2. The van der Waals surface area contributed by atoms with Crippen LogP contribution in [0.25, 0.3) is 0 Å². The summed E-state index contributed by atoms with van der Waals surface area (Å²) in [6.45, 7) is -0.0147. The summed E-state index contributed by atoms with van der Waals surface area (Å²) in [7, 11) is 0. The maximum Gasteiger partial charge on any atom is 0.323 e.